The molecule has 4 amide bonds. The lowest BCUT2D eigenvalue weighted by atomic mass is 10.0. The fourth-order valence-electron chi connectivity index (χ4n) is 10.7. The molecular weight excluding hydrogens is 1280 g/mol. The van der Waals surface area contributed by atoms with Crippen LogP contribution >= 0.6 is 0 Å². The monoisotopic (exact) mass is 1370 g/mol. The Balaban J connectivity index is 0.811. The summed E-state index contributed by atoms with van der Waals surface area (Å²) in [7, 11) is -2.80. The average Bonchev–Trinajstić information content (AvgIpc) is 0.938. The highest BCUT2D eigenvalue weighted by Gasteiger charge is 2.30. The number of aliphatic carboxylic acids is 2. The number of likely N-dealkylation sites (N-methyl/N-ethyl adjacent to an activating group) is 1. The maximum absolute atomic E-state index is 13.7. The van der Waals surface area contributed by atoms with Gasteiger partial charge in [0.25, 0.3) is 12.4 Å². The molecule has 2 atom stereocenters. The molecular formula is C66H95N13O17S. The van der Waals surface area contributed by atoms with E-state index in [-0.39, 0.29) is 84.0 Å². The van der Waals surface area contributed by atoms with Gasteiger partial charge in [0.2, 0.25) is 33.2 Å². The van der Waals surface area contributed by atoms with Gasteiger partial charge in [-0.3, -0.25) is 53.1 Å². The predicted octanol–water partition coefficient (Wildman–Crippen LogP) is 1.37. The van der Waals surface area contributed by atoms with Gasteiger partial charge >= 0.3 is 11.9 Å². The summed E-state index contributed by atoms with van der Waals surface area (Å²) >= 11 is 0. The van der Waals surface area contributed by atoms with Crippen LogP contribution in [0.5, 0.6) is 5.75 Å². The van der Waals surface area contributed by atoms with Crippen LogP contribution in [-0.4, -0.2) is 251 Å². The van der Waals surface area contributed by atoms with Crippen molar-refractivity contribution in [2.75, 3.05) is 150 Å². The minimum atomic E-state index is -4.46. The number of anilines is 1. The Bertz CT molecular complexity index is 3500. The first-order valence-corrected chi connectivity index (χ1v) is 34.0. The molecule has 2 aromatic heterocycles. The molecule has 532 valence electrons. The molecule has 97 heavy (non-hydrogen) atoms. The van der Waals surface area contributed by atoms with Gasteiger partial charge in [0, 0.05) is 136 Å². The number of carbonyl (C=O) groups is 7. The zero-order chi connectivity index (χ0) is 70.1. The van der Waals surface area contributed by atoms with E-state index in [1.807, 2.05) is 41.0 Å². The maximum Gasteiger partial charge on any atom is 0.323 e. The number of nitrogens with zero attached hydrogens (tertiary/aromatic N) is 6. The highest BCUT2D eigenvalue weighted by Crippen LogP contribution is 2.27. The summed E-state index contributed by atoms with van der Waals surface area (Å²) < 4.78 is 59.0. The Morgan fingerprint density at radius 1 is 0.711 bits per heavy atom. The van der Waals surface area contributed by atoms with E-state index in [4.69, 9.17) is 23.7 Å². The van der Waals surface area contributed by atoms with E-state index < -0.39 is 51.9 Å². The average molecular weight is 1370 g/mol. The minimum absolute atomic E-state index is 0.0116. The summed E-state index contributed by atoms with van der Waals surface area (Å²) in [5.74, 6) is -3.31. The first-order chi connectivity index (χ1) is 46.6. The lowest BCUT2D eigenvalue weighted by Gasteiger charge is -2.33. The number of H-pyrrole nitrogens is 1. The van der Waals surface area contributed by atoms with Crippen molar-refractivity contribution in [1.82, 2.24) is 60.1 Å². The molecule has 3 aromatic carbocycles. The normalized spacial score (nSPS) is 14.5. The van der Waals surface area contributed by atoms with Crippen LogP contribution in [-0.2, 0) is 77.8 Å². The smallest absolute Gasteiger partial charge is 0.323 e. The molecule has 1 fully saturated rings. The van der Waals surface area contributed by atoms with Crippen LogP contribution in [0.15, 0.2) is 82.9 Å². The number of hydrogen-bond donors (Lipinski definition) is 9. The molecule has 9 N–H and O–H groups in total. The molecule has 31 heteroatoms. The van der Waals surface area contributed by atoms with E-state index in [0.717, 1.165) is 23.2 Å². The molecule has 0 saturated carbocycles. The number of carboxylic acid groups (broad SMARTS) is 2. The van der Waals surface area contributed by atoms with Gasteiger partial charge in [0.15, 0.2) is 5.95 Å². The number of ether oxygens (including phenoxy) is 5. The Kier molecular flexibility index (Phi) is 32.8. The van der Waals surface area contributed by atoms with Gasteiger partial charge in [0.1, 0.15) is 30.1 Å². The Labute approximate surface area is 565 Å². The molecule has 0 bridgehead atoms. The number of nitrogens with one attached hydrogen (secondary N) is 7. The maximum atomic E-state index is 13.7. The summed E-state index contributed by atoms with van der Waals surface area (Å²) in [6.07, 6.45) is 6.54. The number of fused-ring (bicyclic) bond motifs is 1. The second kappa shape index (κ2) is 41.0. The van der Waals surface area contributed by atoms with E-state index in [0.29, 0.717) is 155 Å². The highest BCUT2D eigenvalue weighted by atomic mass is 32.2. The van der Waals surface area contributed by atoms with Gasteiger partial charge in [0.05, 0.1) is 56.5 Å². The number of aryl methyl sites for hydroxylation is 4. The largest absolute Gasteiger partial charge is 0.494 e. The number of aromatic nitrogens is 3. The molecule has 5 aromatic rings. The highest BCUT2D eigenvalue weighted by molar-refractivity contribution is 7.89. The zero-order valence-electron chi connectivity index (χ0n) is 56.1. The lowest BCUT2D eigenvalue weighted by Crippen LogP contribution is -2.52. The first kappa shape index (κ1) is 77.6. The molecule has 0 radical (unpaired) electrons. The summed E-state index contributed by atoms with van der Waals surface area (Å²) in [6, 6.07) is 13.3. The van der Waals surface area contributed by atoms with Crippen molar-refractivity contribution in [3.8, 4) is 5.75 Å². The molecule has 0 spiro atoms. The zero-order valence-corrected chi connectivity index (χ0v) is 56.9. The fraction of sp³-hybridized carbons (Fsp3) is 0.530. The van der Waals surface area contributed by atoms with Crippen molar-refractivity contribution in [2.45, 2.75) is 83.3 Å². The van der Waals surface area contributed by atoms with Crippen LogP contribution in [0.2, 0.25) is 0 Å². The topological polar surface area (TPSA) is 376 Å². The second-order valence-corrected chi connectivity index (χ2v) is 25.2. The van der Waals surface area contributed by atoms with Crippen molar-refractivity contribution in [2.24, 2.45) is 7.05 Å². The van der Waals surface area contributed by atoms with Gasteiger partial charge in [-0.25, -0.2) is 13.4 Å². The van der Waals surface area contributed by atoms with Crippen molar-refractivity contribution in [3.05, 3.63) is 117 Å². The van der Waals surface area contributed by atoms with E-state index in [1.54, 1.807) is 47.1 Å². The summed E-state index contributed by atoms with van der Waals surface area (Å²) in [6.45, 7) is 15.1. The van der Waals surface area contributed by atoms with Gasteiger partial charge in [-0.05, 0) is 93.1 Å². The number of pyridine rings is 1. The molecule has 3 heterocycles. The second-order valence-electron chi connectivity index (χ2n) is 23.6. The standard InChI is InChI=1S/C66H95N13O17S/c1-6-76-21-23-77(24-25-78(44-60(83)84)26-28-79(27-22-76)45-95-46-80)43-59(82)73-55(38-50-13-11-47(2)12-14-50)64(87)68-18-9-30-93-33-35-94-34-32-92-29-8-17-67-58(81)10-7-31-96-52-36-48(3)62(49(4)37-52)97(90,91)74-56(65(88)89)41-71-63(86)54-42-75(5)57-39-51(15-16-53(57)61(54)85)40-72-66-69-19-20-70-66/h11-16,19-20,36-37,39,42,46,55-56,74H,6-10,17-18,21-35,38,40-41,43-45H2,1-5H3,(H,67,81)(H,68,87)(H,71,86)(H,73,82)(H,83,84)(H,88,89)(H2,69,70,72)/t55-,56?/m1/s1. The van der Waals surface area contributed by atoms with Gasteiger partial charge in [-0.2, -0.15) is 4.72 Å². The van der Waals surface area contributed by atoms with Crippen molar-refractivity contribution < 1.29 is 75.9 Å². The molecule has 1 aliphatic heterocycles. The SMILES string of the molecule is CCN1CCN(COC=O)CCN(CC(=O)O)CCN(CC(=O)N[C@H](Cc2ccc(C)cc2)C(=O)NCCCOCCOCCOCCCNC(=O)CCCOc2cc(C)c(S(=O)(=O)NC(CNC(=O)c3cn(C)c4cc(CNc5ncc[nH]5)ccc4c3=O)C(=O)O)c(C)c2)CC1. The number of imidazole rings is 1. The fourth-order valence-corrected chi connectivity index (χ4v) is 12.4. The molecule has 6 rings (SSSR count). The van der Waals surface area contributed by atoms with E-state index in [1.165, 1.54) is 32.2 Å². The Hall–Kier alpha value is -8.40. The van der Waals surface area contributed by atoms with Crippen LogP contribution in [0.1, 0.15) is 70.8 Å². The summed E-state index contributed by atoms with van der Waals surface area (Å²) in [5, 5.41) is 34.2. The third-order valence-corrected chi connectivity index (χ3v) is 17.8. The van der Waals surface area contributed by atoms with Crippen LogP contribution < -0.4 is 41.5 Å². The van der Waals surface area contributed by atoms with Crippen LogP contribution in [0.4, 0.5) is 5.95 Å². The minimum Gasteiger partial charge on any atom is -0.494 e. The molecule has 1 aliphatic rings. The number of carbonyl (C=O) groups excluding carboxylic acids is 5. The first-order valence-electron chi connectivity index (χ1n) is 32.5. The number of carboxylic acids is 2. The number of benzene rings is 3. The molecule has 1 unspecified atom stereocenters. The van der Waals surface area contributed by atoms with E-state index in [9.17, 15) is 57.0 Å². The van der Waals surface area contributed by atoms with Crippen LogP contribution in [0.25, 0.3) is 10.9 Å². The Morgan fingerprint density at radius 2 is 1.32 bits per heavy atom. The quantitative estimate of drug-likeness (QED) is 0.0197. The molecule has 0 aliphatic carbocycles. The number of rotatable bonds is 41. The Morgan fingerprint density at radius 3 is 1.93 bits per heavy atom. The molecule has 30 nitrogen and oxygen atoms in total. The van der Waals surface area contributed by atoms with E-state index in [2.05, 4.69) is 53.1 Å². The van der Waals surface area contributed by atoms with Gasteiger partial charge < -0.3 is 74.9 Å². The van der Waals surface area contributed by atoms with Crippen molar-refractivity contribution >= 4 is 68.9 Å². The van der Waals surface area contributed by atoms with Crippen molar-refractivity contribution in [1.29, 1.82) is 0 Å². The lowest BCUT2D eigenvalue weighted by molar-refractivity contribution is -0.139. The summed E-state index contributed by atoms with van der Waals surface area (Å²) in [5.41, 5.74) is 3.05. The predicted molar refractivity (Wildman–Crippen MR) is 361 cm³/mol. The van der Waals surface area contributed by atoms with Crippen LogP contribution in [0, 0.1) is 20.8 Å². The number of sulfonamides is 1. The van der Waals surface area contributed by atoms with Gasteiger partial charge in [-0.1, -0.05) is 42.8 Å². The molecule has 1 saturated heterocycles. The third kappa shape index (κ3) is 27.2. The van der Waals surface area contributed by atoms with Gasteiger partial charge in [-0.15, -0.1) is 0 Å². The number of amides is 4. The van der Waals surface area contributed by atoms with Crippen molar-refractivity contribution in [3.63, 3.8) is 0 Å². The number of aromatic amines is 1. The number of hydrogen-bond acceptors (Lipinski definition) is 21. The third-order valence-electron chi connectivity index (χ3n) is 16.0. The summed E-state index contributed by atoms with van der Waals surface area (Å²) in [4.78, 5) is 117. The van der Waals surface area contributed by atoms with Crippen LogP contribution in [0.3, 0.4) is 0 Å². The van der Waals surface area contributed by atoms with E-state index >= 15 is 0 Å².